The van der Waals surface area contributed by atoms with Crippen molar-refractivity contribution in [2.75, 3.05) is 0 Å². The average Bonchev–Trinajstić information content (AvgIpc) is 3.58. The van der Waals surface area contributed by atoms with Crippen LogP contribution < -0.4 is 0 Å². The fraction of sp³-hybridized carbons (Fsp3) is 0.455. The first-order chi connectivity index (χ1) is 22.8. The maximum Gasteiger partial charge on any atom is 0.149 e. The summed E-state index contributed by atoms with van der Waals surface area (Å²) in [7, 11) is -3.00. The average molecular weight is 853 g/mol. The van der Waals surface area contributed by atoms with Crippen molar-refractivity contribution in [3.8, 4) is 22.3 Å². The Hall–Kier alpha value is -0.284. The zero-order valence-electron chi connectivity index (χ0n) is 33.0. The molecular formula is C44H64Al2Si2Sm-2. The third-order valence-electron chi connectivity index (χ3n) is 14.9. The minimum atomic E-state index is -1.88. The number of rotatable bonds is 10. The summed E-state index contributed by atoms with van der Waals surface area (Å²) in [6.45, 7) is 30.7. The molecule has 4 aromatic carbocycles. The van der Waals surface area contributed by atoms with Crippen LogP contribution in [0.5, 0.6) is 0 Å². The number of hydrogen-bond donors (Lipinski definition) is 0. The second-order valence-corrected chi connectivity index (χ2v) is 42.0. The van der Waals surface area contributed by atoms with Gasteiger partial charge in [-0.1, -0.05) is 159 Å². The number of benzene rings is 4. The van der Waals surface area contributed by atoms with E-state index >= 15 is 0 Å². The smallest absolute Gasteiger partial charge is 0.149 e. The molecule has 0 atom stereocenters. The van der Waals surface area contributed by atoms with E-state index < -0.39 is 42.3 Å². The Balaban J connectivity index is 0.000000216. The standard InChI is InChI=1S/2C16H17Si.6C2H5.2Al.Sm/c2*1-17(2,3)16-14-10-6-4-8-12(14)13-9-5-7-11-15(13)16;6*1-2;;;/h2*4-11H,1-3H3;6*1H2,2H3;;;/q;;;;;;;;2*-1;. The van der Waals surface area contributed by atoms with Crippen molar-refractivity contribution in [2.45, 2.75) is 120 Å². The van der Waals surface area contributed by atoms with Crippen molar-refractivity contribution in [3.63, 3.8) is 0 Å². The molecular weight excluding hydrogens is 789 g/mol. The van der Waals surface area contributed by atoms with Crippen LogP contribution in [0.1, 0.15) is 63.8 Å². The summed E-state index contributed by atoms with van der Waals surface area (Å²) < 4.78 is 0.733. The molecule has 5 heteroatoms. The van der Waals surface area contributed by atoms with Crippen molar-refractivity contribution < 1.29 is 40.4 Å². The van der Waals surface area contributed by atoms with Gasteiger partial charge in [-0.05, 0) is 22.3 Å². The zero-order chi connectivity index (χ0) is 35.2. The SMILES string of the molecule is C[CH2][Al-]([CH2]C)([CH2]C)[C]1([Si](C)(C)C)c2ccccc2-c2ccccc21.C[CH2][Al-]([CH2]C)([CH2]C)[C]1([Si](C)(C)C)c2ccccc2-c2ccccc21.[Sm]. The van der Waals surface area contributed by atoms with Crippen LogP contribution >= 0.6 is 0 Å². The van der Waals surface area contributed by atoms with E-state index in [9.17, 15) is 0 Å². The van der Waals surface area contributed by atoms with E-state index in [1.54, 1.807) is 22.3 Å². The van der Waals surface area contributed by atoms with Gasteiger partial charge in [-0.3, -0.25) is 0 Å². The molecule has 0 aliphatic heterocycles. The first-order valence-corrected chi connectivity index (χ1v) is 32.6. The molecule has 0 heterocycles. The summed E-state index contributed by atoms with van der Waals surface area (Å²) >= 11 is -3.76. The van der Waals surface area contributed by atoms with Gasteiger partial charge in [0.2, 0.25) is 0 Å². The van der Waals surface area contributed by atoms with Gasteiger partial charge in [-0.25, -0.2) is 0 Å². The monoisotopic (exact) mass is 854 g/mol. The zero-order valence-corrected chi connectivity index (χ0v) is 40.0. The van der Waals surface area contributed by atoms with Crippen LogP contribution in [0.15, 0.2) is 97.1 Å². The summed E-state index contributed by atoms with van der Waals surface area (Å²) in [6, 6.07) is 37.4. The minimum Gasteiger partial charge on any atom is -0.193 e. The number of fused-ring (bicyclic) bond motifs is 6. The van der Waals surface area contributed by atoms with E-state index in [4.69, 9.17) is 0 Å². The third-order valence-corrected chi connectivity index (χ3v) is 43.9. The Morgan fingerprint density at radius 2 is 0.551 bits per heavy atom. The van der Waals surface area contributed by atoms with Crippen molar-refractivity contribution in [1.29, 1.82) is 0 Å². The van der Waals surface area contributed by atoms with Crippen LogP contribution in [0.25, 0.3) is 22.3 Å². The van der Waals surface area contributed by atoms with E-state index in [1.807, 2.05) is 0 Å². The van der Waals surface area contributed by atoms with E-state index in [0.29, 0.717) is 7.80 Å². The third kappa shape index (κ3) is 5.93. The normalized spacial score (nSPS) is 15.6. The topological polar surface area (TPSA) is 0 Å². The summed E-state index contributed by atoms with van der Waals surface area (Å²) in [5, 5.41) is 8.46. The maximum atomic E-state index is 2.63. The fourth-order valence-electron chi connectivity index (χ4n) is 12.9. The Morgan fingerprint density at radius 3 is 0.714 bits per heavy atom. The number of hydrogen-bond acceptors (Lipinski definition) is 0. The van der Waals surface area contributed by atoms with Gasteiger partial charge in [0.15, 0.2) is 0 Å². The fourth-order valence-corrected chi connectivity index (χ4v) is 46.1. The molecule has 0 fully saturated rings. The van der Waals surface area contributed by atoms with Crippen LogP contribution in [0, 0.1) is 40.4 Å². The molecule has 0 aromatic heterocycles. The van der Waals surface area contributed by atoms with Crippen molar-refractivity contribution in [1.82, 2.24) is 0 Å². The van der Waals surface area contributed by atoms with Crippen LogP contribution in [0.4, 0.5) is 0 Å². The van der Waals surface area contributed by atoms with Crippen molar-refractivity contribution >= 4 is 42.3 Å². The molecule has 6 rings (SSSR count). The predicted molar refractivity (Wildman–Crippen MR) is 226 cm³/mol. The Bertz CT molecular complexity index is 1500. The van der Waals surface area contributed by atoms with Gasteiger partial charge in [0.05, 0.1) is 0 Å². The molecule has 0 saturated heterocycles. The quantitative estimate of drug-likeness (QED) is 0.139. The van der Waals surface area contributed by atoms with Crippen LogP contribution in [0.3, 0.4) is 0 Å². The van der Waals surface area contributed by atoms with E-state index in [2.05, 4.69) is 178 Å². The molecule has 0 amide bonds. The summed E-state index contributed by atoms with van der Waals surface area (Å²) in [6.07, 6.45) is 0. The van der Waals surface area contributed by atoms with Gasteiger partial charge in [0, 0.05) is 56.5 Å². The molecule has 0 spiro atoms. The van der Waals surface area contributed by atoms with Crippen LogP contribution in [-0.4, -0.2) is 42.3 Å². The Morgan fingerprint density at radius 1 is 0.367 bits per heavy atom. The Kier molecular flexibility index (Phi) is 13.2. The van der Waals surface area contributed by atoms with Gasteiger partial charge < -0.3 is 0 Å². The summed E-state index contributed by atoms with van der Waals surface area (Å²) in [5.74, 6) is 0. The largest absolute Gasteiger partial charge is 0.193 e. The van der Waals surface area contributed by atoms with Gasteiger partial charge in [-0.2, -0.15) is 31.7 Å². The molecule has 0 nitrogen and oxygen atoms in total. The van der Waals surface area contributed by atoms with Crippen molar-refractivity contribution in [3.05, 3.63) is 119 Å². The molecule has 0 N–H and O–H groups in total. The van der Waals surface area contributed by atoms with E-state index in [0.717, 1.165) is 0 Å². The molecule has 0 saturated carbocycles. The molecule has 262 valence electrons. The molecule has 2 aliphatic carbocycles. The summed E-state index contributed by atoms with van der Waals surface area (Å²) in [5.41, 5.74) is 12.8. The van der Waals surface area contributed by atoms with Gasteiger partial charge in [0.1, 0.15) is 26.2 Å². The molecule has 4 aromatic rings. The maximum absolute atomic E-state index is 2.63. The molecule has 2 aliphatic rings. The van der Waals surface area contributed by atoms with Gasteiger partial charge in [-0.15, -0.1) is 49.3 Å². The minimum absolute atomic E-state index is 0. The van der Waals surface area contributed by atoms with Gasteiger partial charge >= 0.3 is 0 Å². The molecule has 0 unspecified atom stereocenters. The van der Waals surface area contributed by atoms with Crippen molar-refractivity contribution in [2.24, 2.45) is 0 Å². The van der Waals surface area contributed by atoms with E-state index in [1.165, 1.54) is 54.0 Å². The second kappa shape index (κ2) is 15.6. The summed E-state index contributed by atoms with van der Waals surface area (Å²) in [4.78, 5) is 0. The Labute approximate surface area is 340 Å². The van der Waals surface area contributed by atoms with Crippen LogP contribution in [-0.2, 0) is 7.80 Å². The first kappa shape index (κ1) is 41.5. The van der Waals surface area contributed by atoms with Gasteiger partial charge in [0.25, 0.3) is 0 Å². The first-order valence-electron chi connectivity index (χ1n) is 19.6. The van der Waals surface area contributed by atoms with E-state index in [-0.39, 0.29) is 40.4 Å². The second-order valence-electron chi connectivity index (χ2n) is 17.7. The van der Waals surface area contributed by atoms with Crippen LogP contribution in [0.2, 0.25) is 71.0 Å². The molecule has 0 bridgehead atoms. The molecule has 0 radical (unpaired) electrons. The predicted octanol–water partition coefficient (Wildman–Crippen LogP) is 13.8. The molecule has 49 heavy (non-hydrogen) atoms.